The highest BCUT2D eigenvalue weighted by atomic mass is 16.5. The molecule has 0 spiro atoms. The van der Waals surface area contributed by atoms with Crippen molar-refractivity contribution in [1.82, 2.24) is 14.8 Å². The van der Waals surface area contributed by atoms with Gasteiger partial charge in [0.15, 0.2) is 11.5 Å². The quantitative estimate of drug-likeness (QED) is 0.451. The average molecular weight is 441 g/mol. The fraction of sp³-hybridized carbons (Fsp3) is 0.192. The first-order chi connectivity index (χ1) is 16.2. The number of carbonyl (C=O) groups excluding carboxylic acids is 1. The van der Waals surface area contributed by atoms with Crippen LogP contribution in [0.4, 0.5) is 5.95 Å². The Balaban J connectivity index is 1.63. The molecule has 0 bridgehead atoms. The van der Waals surface area contributed by atoms with E-state index in [2.05, 4.69) is 22.2 Å². The third-order valence-corrected chi connectivity index (χ3v) is 6.04. The lowest BCUT2D eigenvalue weighted by atomic mass is 9.91. The van der Waals surface area contributed by atoms with Gasteiger partial charge in [0.2, 0.25) is 5.95 Å². The fourth-order valence-electron chi connectivity index (χ4n) is 4.45. The molecule has 1 aliphatic heterocycles. The van der Waals surface area contributed by atoms with Crippen LogP contribution in [0.1, 0.15) is 40.0 Å². The van der Waals surface area contributed by atoms with Crippen molar-refractivity contribution in [1.29, 1.82) is 0 Å². The molecule has 3 aromatic carbocycles. The zero-order chi connectivity index (χ0) is 22.8. The summed E-state index contributed by atoms with van der Waals surface area (Å²) in [6.45, 7) is 0. The Labute approximate surface area is 192 Å². The van der Waals surface area contributed by atoms with Gasteiger partial charge in [0.25, 0.3) is 5.91 Å². The third kappa shape index (κ3) is 3.71. The van der Waals surface area contributed by atoms with E-state index in [1.54, 1.807) is 37.3 Å². The number of anilines is 1. The standard InChI is InChI=1S/C26H24N4O3/c1-32-23-14-13-20(15-24(23)33-2)25(31)29-21(18-9-5-3-6-10-18)16-22(19-11-7-4-8-12-19)30-26(29)27-17-28-30/h3-15,17,21-22H,16H2,1-2H3/t21-,22+/m0/s1. The molecule has 0 fully saturated rings. The first kappa shape index (κ1) is 20.8. The molecule has 0 aliphatic carbocycles. The van der Waals surface area contributed by atoms with E-state index in [9.17, 15) is 4.79 Å². The molecule has 1 aliphatic rings. The maximum absolute atomic E-state index is 13.9. The maximum atomic E-state index is 13.9. The normalized spacial score (nSPS) is 17.3. The summed E-state index contributed by atoms with van der Waals surface area (Å²) in [5.41, 5.74) is 2.66. The number of carbonyl (C=O) groups is 1. The van der Waals surface area contributed by atoms with E-state index in [1.807, 2.05) is 53.2 Å². The van der Waals surface area contributed by atoms with Crippen LogP contribution in [0.3, 0.4) is 0 Å². The van der Waals surface area contributed by atoms with Gasteiger partial charge in [0, 0.05) is 5.56 Å². The minimum atomic E-state index is -0.214. The first-order valence-electron chi connectivity index (χ1n) is 10.8. The van der Waals surface area contributed by atoms with E-state index in [4.69, 9.17) is 9.47 Å². The predicted octanol–water partition coefficient (Wildman–Crippen LogP) is 4.68. The molecule has 7 heteroatoms. The van der Waals surface area contributed by atoms with Crippen molar-refractivity contribution in [2.45, 2.75) is 18.5 Å². The van der Waals surface area contributed by atoms with Crippen LogP contribution in [-0.2, 0) is 0 Å². The number of hydrogen-bond donors (Lipinski definition) is 0. The Hall–Kier alpha value is -4.13. The minimum Gasteiger partial charge on any atom is -0.493 e. The Morgan fingerprint density at radius 1 is 0.848 bits per heavy atom. The van der Waals surface area contributed by atoms with Crippen molar-refractivity contribution < 1.29 is 14.3 Å². The van der Waals surface area contributed by atoms with Crippen molar-refractivity contribution in [3.63, 3.8) is 0 Å². The van der Waals surface area contributed by atoms with Gasteiger partial charge in [-0.2, -0.15) is 10.1 Å². The molecule has 1 aromatic heterocycles. The zero-order valence-corrected chi connectivity index (χ0v) is 18.5. The van der Waals surface area contributed by atoms with Crippen molar-refractivity contribution in [2.75, 3.05) is 19.1 Å². The molecule has 0 radical (unpaired) electrons. The van der Waals surface area contributed by atoms with E-state index < -0.39 is 0 Å². The maximum Gasteiger partial charge on any atom is 0.261 e. The lowest BCUT2D eigenvalue weighted by Crippen LogP contribution is -2.42. The van der Waals surface area contributed by atoms with Crippen LogP contribution >= 0.6 is 0 Å². The second kappa shape index (κ2) is 8.78. The average Bonchev–Trinajstić information content (AvgIpc) is 3.37. The van der Waals surface area contributed by atoms with Crippen LogP contribution in [0.5, 0.6) is 11.5 Å². The summed E-state index contributed by atoms with van der Waals surface area (Å²) >= 11 is 0. The number of nitrogens with zero attached hydrogens (tertiary/aromatic N) is 4. The molecule has 0 N–H and O–H groups in total. The first-order valence-corrected chi connectivity index (χ1v) is 10.8. The molecule has 0 saturated carbocycles. The summed E-state index contributed by atoms with van der Waals surface area (Å²) < 4.78 is 12.6. The summed E-state index contributed by atoms with van der Waals surface area (Å²) in [6, 6.07) is 25.2. The van der Waals surface area contributed by atoms with E-state index in [0.717, 1.165) is 11.1 Å². The molecule has 0 saturated heterocycles. The lowest BCUT2D eigenvalue weighted by molar-refractivity contribution is 0.0963. The van der Waals surface area contributed by atoms with Gasteiger partial charge in [-0.15, -0.1) is 0 Å². The second-order valence-corrected chi connectivity index (χ2v) is 7.84. The smallest absolute Gasteiger partial charge is 0.261 e. The number of methoxy groups -OCH3 is 2. The summed E-state index contributed by atoms with van der Waals surface area (Å²) in [7, 11) is 3.13. The molecule has 2 heterocycles. The number of amides is 1. The van der Waals surface area contributed by atoms with Crippen molar-refractivity contribution >= 4 is 11.9 Å². The van der Waals surface area contributed by atoms with Gasteiger partial charge in [-0.25, -0.2) is 4.68 Å². The monoisotopic (exact) mass is 440 g/mol. The van der Waals surface area contributed by atoms with Crippen molar-refractivity contribution in [2.24, 2.45) is 0 Å². The molecule has 1 amide bonds. The molecule has 5 rings (SSSR count). The minimum absolute atomic E-state index is 0.0386. The number of hydrogen-bond acceptors (Lipinski definition) is 5. The fourth-order valence-corrected chi connectivity index (χ4v) is 4.45. The lowest BCUT2D eigenvalue weighted by Gasteiger charge is -2.39. The number of fused-ring (bicyclic) bond motifs is 1. The highest BCUT2D eigenvalue weighted by Gasteiger charge is 2.39. The van der Waals surface area contributed by atoms with Crippen LogP contribution in [0.25, 0.3) is 0 Å². The van der Waals surface area contributed by atoms with Crippen molar-refractivity contribution in [3.05, 3.63) is 102 Å². The molecule has 7 nitrogen and oxygen atoms in total. The van der Waals surface area contributed by atoms with E-state index in [-0.39, 0.29) is 18.0 Å². The highest BCUT2D eigenvalue weighted by molar-refractivity contribution is 6.06. The predicted molar refractivity (Wildman–Crippen MR) is 125 cm³/mol. The Morgan fingerprint density at radius 2 is 1.48 bits per heavy atom. The van der Waals surface area contributed by atoms with Crippen LogP contribution in [0.2, 0.25) is 0 Å². The van der Waals surface area contributed by atoms with Gasteiger partial charge in [0.1, 0.15) is 6.33 Å². The van der Waals surface area contributed by atoms with Gasteiger partial charge < -0.3 is 9.47 Å². The van der Waals surface area contributed by atoms with E-state index >= 15 is 0 Å². The van der Waals surface area contributed by atoms with Crippen molar-refractivity contribution in [3.8, 4) is 11.5 Å². The second-order valence-electron chi connectivity index (χ2n) is 7.84. The number of benzene rings is 3. The van der Waals surface area contributed by atoms with Gasteiger partial charge in [0.05, 0.1) is 26.3 Å². The largest absolute Gasteiger partial charge is 0.493 e. The van der Waals surface area contributed by atoms with Crippen LogP contribution < -0.4 is 14.4 Å². The molecule has 33 heavy (non-hydrogen) atoms. The summed E-state index contributed by atoms with van der Waals surface area (Å²) in [5, 5.41) is 4.50. The van der Waals surface area contributed by atoms with Crippen LogP contribution in [0, 0.1) is 0 Å². The van der Waals surface area contributed by atoms with Gasteiger partial charge in [-0.3, -0.25) is 9.69 Å². The summed E-state index contributed by atoms with van der Waals surface area (Å²) in [4.78, 5) is 20.2. The van der Waals surface area contributed by atoms with E-state index in [1.165, 1.54) is 6.33 Å². The Morgan fingerprint density at radius 3 is 2.12 bits per heavy atom. The topological polar surface area (TPSA) is 69.5 Å². The van der Waals surface area contributed by atoms with Gasteiger partial charge in [-0.05, 0) is 35.7 Å². The molecular weight excluding hydrogens is 416 g/mol. The van der Waals surface area contributed by atoms with Crippen LogP contribution in [-0.4, -0.2) is 34.9 Å². The van der Waals surface area contributed by atoms with Gasteiger partial charge >= 0.3 is 0 Å². The molecular formula is C26H24N4O3. The zero-order valence-electron chi connectivity index (χ0n) is 18.5. The third-order valence-electron chi connectivity index (χ3n) is 6.04. The highest BCUT2D eigenvalue weighted by Crippen LogP contribution is 2.42. The molecule has 2 atom stereocenters. The van der Waals surface area contributed by atoms with Gasteiger partial charge in [-0.1, -0.05) is 60.7 Å². The Bertz CT molecular complexity index is 1260. The SMILES string of the molecule is COc1ccc(C(=O)N2c3ncnn3[C@@H](c3ccccc3)C[C@H]2c2ccccc2)cc1OC. The van der Waals surface area contributed by atoms with Crippen LogP contribution in [0.15, 0.2) is 85.2 Å². The number of aromatic nitrogens is 3. The summed E-state index contributed by atoms with van der Waals surface area (Å²) in [5.74, 6) is 1.41. The number of rotatable bonds is 5. The van der Waals surface area contributed by atoms with E-state index in [0.29, 0.717) is 29.4 Å². The molecule has 166 valence electrons. The Kier molecular flexibility index (Phi) is 5.52. The molecule has 0 unspecified atom stereocenters. The number of ether oxygens (including phenoxy) is 2. The summed E-state index contributed by atoms with van der Waals surface area (Å²) in [6.07, 6.45) is 2.18. The molecule has 4 aromatic rings.